The minimum Gasteiger partial charge on any atom is -0.464 e. The molecule has 1 atom stereocenters. The maximum absolute atomic E-state index is 13.7. The molecular weight excluding hydrogens is 320 g/mol. The van der Waals surface area contributed by atoms with Gasteiger partial charge in [0.05, 0.1) is 6.61 Å². The first kappa shape index (κ1) is 15.9. The lowest BCUT2D eigenvalue weighted by molar-refractivity contribution is -0.144. The van der Waals surface area contributed by atoms with Gasteiger partial charge in [-0.05, 0) is 25.5 Å². The van der Waals surface area contributed by atoms with Gasteiger partial charge in [0.1, 0.15) is 23.4 Å². The first-order chi connectivity index (χ1) is 8.99. The van der Waals surface area contributed by atoms with E-state index in [1.54, 1.807) is 6.92 Å². The van der Waals surface area contributed by atoms with E-state index < -0.39 is 23.6 Å². The summed E-state index contributed by atoms with van der Waals surface area (Å²) in [5.74, 6) is -2.01. The molecule has 1 aromatic carbocycles. The average molecular weight is 336 g/mol. The van der Waals surface area contributed by atoms with Gasteiger partial charge in [-0.3, -0.25) is 0 Å². The van der Waals surface area contributed by atoms with E-state index in [1.165, 1.54) is 0 Å². The maximum atomic E-state index is 13.7. The second kappa shape index (κ2) is 7.43. The van der Waals surface area contributed by atoms with Crippen LogP contribution in [0.15, 0.2) is 16.6 Å². The predicted molar refractivity (Wildman–Crippen MR) is 73.0 cm³/mol. The minimum absolute atomic E-state index is 0.228. The molecule has 19 heavy (non-hydrogen) atoms. The zero-order valence-corrected chi connectivity index (χ0v) is 12.4. The molecule has 0 bridgehead atoms. The molecule has 1 N–H and O–H groups in total. The number of halogens is 3. The van der Waals surface area contributed by atoms with Crippen molar-refractivity contribution in [2.45, 2.75) is 32.7 Å². The minimum atomic E-state index is -0.755. The number of rotatable bonds is 6. The van der Waals surface area contributed by atoms with E-state index in [9.17, 15) is 13.6 Å². The zero-order chi connectivity index (χ0) is 14.4. The zero-order valence-electron chi connectivity index (χ0n) is 10.8. The Hall–Kier alpha value is -1.17. The molecule has 1 rings (SSSR count). The summed E-state index contributed by atoms with van der Waals surface area (Å²) >= 11 is 3.00. The predicted octanol–water partition coefficient (Wildman–Crippen LogP) is 3.87. The highest BCUT2D eigenvalue weighted by molar-refractivity contribution is 9.10. The van der Waals surface area contributed by atoms with Gasteiger partial charge in [0, 0.05) is 4.47 Å². The highest BCUT2D eigenvalue weighted by Crippen LogP contribution is 2.25. The number of carbonyl (C=O) groups excluding carboxylic acids is 1. The van der Waals surface area contributed by atoms with E-state index in [-0.39, 0.29) is 12.3 Å². The third kappa shape index (κ3) is 4.45. The Morgan fingerprint density at radius 2 is 1.95 bits per heavy atom. The normalized spacial score (nSPS) is 12.1. The van der Waals surface area contributed by atoms with E-state index in [0.29, 0.717) is 17.3 Å². The Morgan fingerprint density at radius 1 is 1.37 bits per heavy atom. The Labute approximate surface area is 119 Å². The number of ether oxygens (including phenoxy) is 1. The van der Waals surface area contributed by atoms with E-state index in [2.05, 4.69) is 21.2 Å². The average Bonchev–Trinajstić information content (AvgIpc) is 2.32. The first-order valence-corrected chi connectivity index (χ1v) is 6.86. The van der Waals surface area contributed by atoms with Crippen LogP contribution in [-0.2, 0) is 9.53 Å². The van der Waals surface area contributed by atoms with Crippen LogP contribution < -0.4 is 5.32 Å². The fourth-order valence-corrected chi connectivity index (χ4v) is 2.04. The van der Waals surface area contributed by atoms with Crippen LogP contribution in [0.5, 0.6) is 0 Å². The maximum Gasteiger partial charge on any atom is 0.328 e. The fraction of sp³-hybridized carbons (Fsp3) is 0.462. The van der Waals surface area contributed by atoms with Crippen LogP contribution in [0.1, 0.15) is 26.7 Å². The Bertz CT molecular complexity index is 431. The molecule has 0 radical (unpaired) electrons. The first-order valence-electron chi connectivity index (χ1n) is 6.07. The van der Waals surface area contributed by atoms with Gasteiger partial charge in [0.15, 0.2) is 0 Å². The number of anilines is 1. The summed E-state index contributed by atoms with van der Waals surface area (Å²) < 4.78 is 32.5. The Morgan fingerprint density at radius 3 is 2.42 bits per heavy atom. The van der Waals surface area contributed by atoms with Gasteiger partial charge >= 0.3 is 5.97 Å². The second-order valence-corrected chi connectivity index (χ2v) is 4.90. The fourth-order valence-electron chi connectivity index (χ4n) is 1.63. The summed E-state index contributed by atoms with van der Waals surface area (Å²) in [6.45, 7) is 3.79. The molecule has 0 aliphatic carbocycles. The molecule has 0 saturated carbocycles. The molecule has 0 aromatic heterocycles. The third-order valence-corrected chi connectivity index (χ3v) is 2.93. The van der Waals surface area contributed by atoms with E-state index >= 15 is 0 Å². The summed E-state index contributed by atoms with van der Waals surface area (Å²) in [5.41, 5.74) is -0.310. The van der Waals surface area contributed by atoms with E-state index in [0.717, 1.165) is 12.1 Å². The third-order valence-electron chi connectivity index (χ3n) is 2.47. The van der Waals surface area contributed by atoms with Crippen molar-refractivity contribution < 1.29 is 18.3 Å². The van der Waals surface area contributed by atoms with Crippen molar-refractivity contribution in [1.29, 1.82) is 0 Å². The number of carbonyl (C=O) groups is 1. The Balaban J connectivity index is 2.93. The molecule has 1 unspecified atom stereocenters. The molecule has 106 valence electrons. The van der Waals surface area contributed by atoms with Crippen LogP contribution >= 0.6 is 15.9 Å². The van der Waals surface area contributed by atoms with E-state index in [4.69, 9.17) is 4.74 Å². The molecule has 0 fully saturated rings. The standard InChI is InChI=1S/C13H16BrF2NO2/c1-3-5-11(13(18)19-4-2)17-12-9(15)6-8(14)7-10(12)16/h6-7,11,17H,3-5H2,1-2H3. The molecule has 6 heteroatoms. The second-order valence-electron chi connectivity index (χ2n) is 3.98. The molecule has 3 nitrogen and oxygen atoms in total. The molecule has 0 heterocycles. The van der Waals surface area contributed by atoms with Gasteiger partial charge in [0.25, 0.3) is 0 Å². The van der Waals surface area contributed by atoms with Gasteiger partial charge in [-0.15, -0.1) is 0 Å². The molecule has 0 amide bonds. The molecule has 1 aromatic rings. The van der Waals surface area contributed by atoms with Crippen molar-refractivity contribution in [1.82, 2.24) is 0 Å². The van der Waals surface area contributed by atoms with Gasteiger partial charge in [-0.25, -0.2) is 13.6 Å². The number of hydrogen-bond donors (Lipinski definition) is 1. The highest BCUT2D eigenvalue weighted by Gasteiger charge is 2.22. The van der Waals surface area contributed by atoms with Crippen LogP contribution in [0, 0.1) is 11.6 Å². The number of esters is 1. The summed E-state index contributed by atoms with van der Waals surface area (Å²) in [4.78, 5) is 11.7. The number of nitrogens with one attached hydrogen (secondary N) is 1. The summed E-state index contributed by atoms with van der Waals surface area (Å²) in [6.07, 6.45) is 1.13. The van der Waals surface area contributed by atoms with Crippen molar-refractivity contribution in [2.75, 3.05) is 11.9 Å². The summed E-state index contributed by atoms with van der Waals surface area (Å²) in [7, 11) is 0. The highest BCUT2D eigenvalue weighted by atomic mass is 79.9. The summed E-state index contributed by atoms with van der Waals surface area (Å²) in [6, 6.07) is 1.52. The molecule has 0 spiro atoms. The lowest BCUT2D eigenvalue weighted by Gasteiger charge is -2.18. The topological polar surface area (TPSA) is 38.3 Å². The number of benzene rings is 1. The van der Waals surface area contributed by atoms with Crippen molar-refractivity contribution in [3.63, 3.8) is 0 Å². The van der Waals surface area contributed by atoms with Crippen molar-refractivity contribution in [3.8, 4) is 0 Å². The molecule has 0 aliphatic rings. The van der Waals surface area contributed by atoms with Crippen LogP contribution in [0.3, 0.4) is 0 Å². The molecule has 0 aliphatic heterocycles. The molecule has 0 saturated heterocycles. The van der Waals surface area contributed by atoms with Crippen LogP contribution in [0.4, 0.5) is 14.5 Å². The Kier molecular flexibility index (Phi) is 6.21. The van der Waals surface area contributed by atoms with Gasteiger partial charge in [-0.2, -0.15) is 0 Å². The molecular formula is C13H16BrF2NO2. The van der Waals surface area contributed by atoms with Crippen LogP contribution in [0.25, 0.3) is 0 Å². The lowest BCUT2D eigenvalue weighted by atomic mass is 10.1. The van der Waals surface area contributed by atoms with Crippen molar-refractivity contribution >= 4 is 27.6 Å². The lowest BCUT2D eigenvalue weighted by Crippen LogP contribution is -2.32. The van der Waals surface area contributed by atoms with Crippen LogP contribution in [-0.4, -0.2) is 18.6 Å². The number of hydrogen-bond acceptors (Lipinski definition) is 3. The SMILES string of the molecule is CCCC(Nc1c(F)cc(Br)cc1F)C(=O)OCC. The van der Waals surface area contributed by atoms with Crippen LogP contribution in [0.2, 0.25) is 0 Å². The largest absolute Gasteiger partial charge is 0.464 e. The van der Waals surface area contributed by atoms with Gasteiger partial charge < -0.3 is 10.1 Å². The summed E-state index contributed by atoms with van der Waals surface area (Å²) in [5, 5.41) is 2.58. The quantitative estimate of drug-likeness (QED) is 0.802. The smallest absolute Gasteiger partial charge is 0.328 e. The van der Waals surface area contributed by atoms with Crippen molar-refractivity contribution in [2.24, 2.45) is 0 Å². The van der Waals surface area contributed by atoms with Crippen molar-refractivity contribution in [3.05, 3.63) is 28.2 Å². The van der Waals surface area contributed by atoms with Gasteiger partial charge in [-0.1, -0.05) is 29.3 Å². The van der Waals surface area contributed by atoms with E-state index in [1.807, 2.05) is 6.92 Å². The van der Waals surface area contributed by atoms with Gasteiger partial charge in [0.2, 0.25) is 0 Å². The monoisotopic (exact) mass is 335 g/mol.